The summed E-state index contributed by atoms with van der Waals surface area (Å²) in [5, 5.41) is 0. The van der Waals surface area contributed by atoms with E-state index >= 15 is 0 Å². The summed E-state index contributed by atoms with van der Waals surface area (Å²) in [5.41, 5.74) is 7.37. The van der Waals surface area contributed by atoms with Gasteiger partial charge in [-0.2, -0.15) is 0 Å². The molecule has 0 saturated heterocycles. The van der Waals surface area contributed by atoms with Crippen LogP contribution >= 0.6 is 15.9 Å². The van der Waals surface area contributed by atoms with Crippen LogP contribution in [-0.2, 0) is 9.84 Å². The van der Waals surface area contributed by atoms with Gasteiger partial charge in [0.25, 0.3) is 0 Å². The molecule has 0 radical (unpaired) electrons. The molecule has 0 aliphatic heterocycles. The Kier molecular flexibility index (Phi) is 3.41. The molecule has 2 N–H and O–H groups in total. The van der Waals surface area contributed by atoms with Crippen molar-refractivity contribution in [3.8, 4) is 11.1 Å². The fraction of sp³-hybridized carbons (Fsp3) is 0.0833. The highest BCUT2D eigenvalue weighted by Gasteiger charge is 2.07. The molecule has 0 aliphatic carbocycles. The second-order valence-electron chi connectivity index (χ2n) is 3.89. The minimum atomic E-state index is -3.16. The fourth-order valence-electron chi connectivity index (χ4n) is 1.50. The summed E-state index contributed by atoms with van der Waals surface area (Å²) < 4.78 is 23.4. The van der Waals surface area contributed by atoms with E-state index in [9.17, 15) is 8.42 Å². The number of rotatable bonds is 2. The number of hydrogen-bond donors (Lipinski definition) is 1. The van der Waals surface area contributed by atoms with Crippen molar-refractivity contribution < 1.29 is 8.42 Å². The zero-order valence-electron chi connectivity index (χ0n) is 9.59. The Balaban J connectivity index is 2.43. The summed E-state index contributed by atoms with van der Waals surface area (Å²) in [6.45, 7) is 0. The molecule has 94 valence electrons. The number of hydrogen-bond acceptors (Lipinski definition) is 4. The molecule has 0 spiro atoms. The summed E-state index contributed by atoms with van der Waals surface area (Å²) in [6, 6.07) is 8.49. The number of benzene rings is 1. The number of nitrogens with two attached hydrogens (primary N) is 1. The van der Waals surface area contributed by atoms with E-state index in [1.807, 2.05) is 6.07 Å². The average molecular weight is 327 g/mol. The summed E-state index contributed by atoms with van der Waals surface area (Å²) in [4.78, 5) is 4.34. The molecule has 0 aliphatic rings. The zero-order chi connectivity index (χ0) is 13.3. The summed E-state index contributed by atoms with van der Waals surface area (Å²) in [6.07, 6.45) is 2.83. The molecule has 4 nitrogen and oxygen atoms in total. The highest BCUT2D eigenvalue weighted by Crippen LogP contribution is 2.26. The molecular formula is C12H11BrN2O2S. The van der Waals surface area contributed by atoms with E-state index in [4.69, 9.17) is 5.73 Å². The molecule has 0 bridgehead atoms. The lowest BCUT2D eigenvalue weighted by Gasteiger charge is -2.05. The number of halogens is 1. The summed E-state index contributed by atoms with van der Waals surface area (Å²) in [5.74, 6) is 0.423. The Labute approximate surface area is 114 Å². The highest BCUT2D eigenvalue weighted by molar-refractivity contribution is 9.10. The van der Waals surface area contributed by atoms with Gasteiger partial charge in [0.2, 0.25) is 0 Å². The molecular weight excluding hydrogens is 316 g/mol. The van der Waals surface area contributed by atoms with Crippen LogP contribution in [0.15, 0.2) is 45.9 Å². The number of nitrogen functional groups attached to an aromatic ring is 1. The summed E-state index contributed by atoms with van der Waals surface area (Å²) in [7, 11) is -3.16. The topological polar surface area (TPSA) is 73.0 Å². The van der Waals surface area contributed by atoms with Gasteiger partial charge in [-0.3, -0.25) is 0 Å². The monoisotopic (exact) mass is 326 g/mol. The van der Waals surface area contributed by atoms with Gasteiger partial charge in [-0.1, -0.05) is 12.1 Å². The van der Waals surface area contributed by atoms with Crippen molar-refractivity contribution in [2.75, 3.05) is 12.0 Å². The first-order chi connectivity index (χ1) is 8.38. The van der Waals surface area contributed by atoms with Gasteiger partial charge in [0.1, 0.15) is 5.82 Å². The average Bonchev–Trinajstić information content (AvgIpc) is 2.32. The van der Waals surface area contributed by atoms with E-state index in [-0.39, 0.29) is 0 Å². The molecule has 2 rings (SSSR count). The van der Waals surface area contributed by atoms with Crippen LogP contribution in [0.3, 0.4) is 0 Å². The van der Waals surface area contributed by atoms with Gasteiger partial charge in [0, 0.05) is 18.0 Å². The van der Waals surface area contributed by atoms with Crippen LogP contribution in [0.2, 0.25) is 0 Å². The van der Waals surface area contributed by atoms with Gasteiger partial charge in [0.05, 0.1) is 9.37 Å². The van der Waals surface area contributed by atoms with Gasteiger partial charge < -0.3 is 5.73 Å². The van der Waals surface area contributed by atoms with E-state index < -0.39 is 9.84 Å². The molecule has 0 saturated carbocycles. The van der Waals surface area contributed by atoms with Gasteiger partial charge in [-0.25, -0.2) is 13.4 Å². The van der Waals surface area contributed by atoms with E-state index in [2.05, 4.69) is 20.9 Å². The lowest BCUT2D eigenvalue weighted by atomic mass is 10.1. The van der Waals surface area contributed by atoms with Crippen LogP contribution in [0.5, 0.6) is 0 Å². The Morgan fingerprint density at radius 2 is 1.78 bits per heavy atom. The zero-order valence-corrected chi connectivity index (χ0v) is 12.0. The first-order valence-electron chi connectivity index (χ1n) is 5.09. The third-order valence-corrected chi connectivity index (χ3v) is 4.25. The molecule has 1 aromatic carbocycles. The minimum Gasteiger partial charge on any atom is -0.383 e. The van der Waals surface area contributed by atoms with Gasteiger partial charge in [-0.05, 0) is 39.7 Å². The minimum absolute atomic E-state index is 0.300. The van der Waals surface area contributed by atoms with Crippen LogP contribution < -0.4 is 5.73 Å². The smallest absolute Gasteiger partial charge is 0.175 e. The van der Waals surface area contributed by atoms with Gasteiger partial charge in [-0.15, -0.1) is 0 Å². The van der Waals surface area contributed by atoms with Crippen molar-refractivity contribution in [2.24, 2.45) is 0 Å². The van der Waals surface area contributed by atoms with Crippen molar-refractivity contribution in [3.63, 3.8) is 0 Å². The lowest BCUT2D eigenvalue weighted by molar-refractivity contribution is 0.602. The first kappa shape index (κ1) is 13.0. The maximum atomic E-state index is 11.3. The van der Waals surface area contributed by atoms with Crippen LogP contribution in [0.4, 0.5) is 5.82 Å². The van der Waals surface area contributed by atoms with E-state index in [1.54, 1.807) is 30.5 Å². The van der Waals surface area contributed by atoms with Crippen LogP contribution in [0.1, 0.15) is 0 Å². The largest absolute Gasteiger partial charge is 0.383 e. The van der Waals surface area contributed by atoms with Crippen molar-refractivity contribution in [1.29, 1.82) is 0 Å². The van der Waals surface area contributed by atoms with Gasteiger partial charge >= 0.3 is 0 Å². The molecule has 0 fully saturated rings. The van der Waals surface area contributed by atoms with Crippen molar-refractivity contribution >= 4 is 31.6 Å². The second kappa shape index (κ2) is 4.70. The Morgan fingerprint density at radius 1 is 1.17 bits per heavy atom. The van der Waals surface area contributed by atoms with E-state index in [0.717, 1.165) is 11.1 Å². The lowest BCUT2D eigenvalue weighted by Crippen LogP contribution is -1.96. The maximum absolute atomic E-state index is 11.3. The highest BCUT2D eigenvalue weighted by atomic mass is 79.9. The Morgan fingerprint density at radius 3 is 2.28 bits per heavy atom. The predicted octanol–water partition coefficient (Wildman–Crippen LogP) is 2.50. The third-order valence-electron chi connectivity index (χ3n) is 2.49. The SMILES string of the molecule is CS(=O)(=O)c1ccc(-c2cnc(N)c(Br)c2)cc1. The standard InChI is InChI=1S/C12H11BrN2O2S/c1-18(16,17)10-4-2-8(3-5-10)9-6-11(13)12(14)15-7-9/h2-7H,1H3,(H2,14,15). The van der Waals surface area contributed by atoms with Crippen molar-refractivity contribution in [1.82, 2.24) is 4.98 Å². The Bertz CT molecular complexity index is 682. The van der Waals surface area contributed by atoms with Crippen LogP contribution in [-0.4, -0.2) is 19.7 Å². The van der Waals surface area contributed by atoms with E-state index in [1.165, 1.54) is 6.26 Å². The normalized spacial score (nSPS) is 11.4. The number of sulfone groups is 1. The third kappa shape index (κ3) is 2.70. The number of pyridine rings is 1. The number of anilines is 1. The molecule has 1 heterocycles. The Hall–Kier alpha value is -1.40. The van der Waals surface area contributed by atoms with Crippen LogP contribution in [0.25, 0.3) is 11.1 Å². The van der Waals surface area contributed by atoms with Crippen molar-refractivity contribution in [2.45, 2.75) is 4.90 Å². The predicted molar refractivity (Wildman–Crippen MR) is 74.9 cm³/mol. The molecule has 0 atom stereocenters. The van der Waals surface area contributed by atoms with Crippen molar-refractivity contribution in [3.05, 3.63) is 41.0 Å². The fourth-order valence-corrected chi connectivity index (χ4v) is 2.48. The summed E-state index contributed by atoms with van der Waals surface area (Å²) >= 11 is 3.31. The first-order valence-corrected chi connectivity index (χ1v) is 7.78. The van der Waals surface area contributed by atoms with E-state index in [0.29, 0.717) is 15.2 Å². The van der Waals surface area contributed by atoms with Crippen LogP contribution in [0, 0.1) is 0 Å². The molecule has 18 heavy (non-hydrogen) atoms. The van der Waals surface area contributed by atoms with Gasteiger partial charge in [0.15, 0.2) is 9.84 Å². The molecule has 0 unspecified atom stereocenters. The molecule has 6 heteroatoms. The molecule has 1 aromatic heterocycles. The second-order valence-corrected chi connectivity index (χ2v) is 6.76. The quantitative estimate of drug-likeness (QED) is 0.920. The number of aromatic nitrogens is 1. The molecule has 0 amide bonds. The molecule has 2 aromatic rings. The maximum Gasteiger partial charge on any atom is 0.175 e. The number of nitrogens with zero attached hydrogens (tertiary/aromatic N) is 1.